The molecule has 1 unspecified atom stereocenters. The van der Waals surface area contributed by atoms with Gasteiger partial charge in [0, 0.05) is 5.02 Å². The van der Waals surface area contributed by atoms with Gasteiger partial charge < -0.3 is 5.32 Å². The predicted molar refractivity (Wildman–Crippen MR) is 56.3 cm³/mol. The summed E-state index contributed by atoms with van der Waals surface area (Å²) in [6.45, 7) is 0.544. The number of hydrogen-bond donors (Lipinski definition) is 1. The van der Waals surface area contributed by atoms with Crippen molar-refractivity contribution in [3.8, 4) is 0 Å². The minimum Gasteiger partial charge on any atom is -0.308 e. The second-order valence-electron chi connectivity index (χ2n) is 3.90. The second kappa shape index (κ2) is 4.26. The highest BCUT2D eigenvalue weighted by atomic mass is 35.5. The van der Waals surface area contributed by atoms with Crippen molar-refractivity contribution >= 4 is 11.6 Å². The third-order valence-corrected chi connectivity index (χ3v) is 3.02. The molecule has 1 atom stereocenters. The first kappa shape index (κ1) is 11.7. The van der Waals surface area contributed by atoms with E-state index < -0.39 is 23.3 Å². The van der Waals surface area contributed by atoms with E-state index in [1.54, 1.807) is 0 Å². The molecule has 1 aromatic rings. The third-order valence-electron chi connectivity index (χ3n) is 2.79. The van der Waals surface area contributed by atoms with E-state index in [1.807, 2.05) is 0 Å². The van der Waals surface area contributed by atoms with Crippen LogP contribution in [0.15, 0.2) is 18.2 Å². The van der Waals surface area contributed by atoms with E-state index in [9.17, 15) is 13.2 Å². The summed E-state index contributed by atoms with van der Waals surface area (Å²) in [6.07, 6.45) is 1.03. The van der Waals surface area contributed by atoms with Crippen molar-refractivity contribution < 1.29 is 13.2 Å². The first-order valence-electron chi connectivity index (χ1n) is 5.08. The van der Waals surface area contributed by atoms with E-state index in [4.69, 9.17) is 11.6 Å². The van der Waals surface area contributed by atoms with Gasteiger partial charge in [-0.05, 0) is 37.6 Å². The van der Waals surface area contributed by atoms with Gasteiger partial charge in [0.1, 0.15) is 5.82 Å². The Balaban J connectivity index is 2.37. The van der Waals surface area contributed by atoms with Crippen molar-refractivity contribution in [3.63, 3.8) is 0 Å². The van der Waals surface area contributed by atoms with Crippen LogP contribution in [0, 0.1) is 5.82 Å². The highest BCUT2D eigenvalue weighted by molar-refractivity contribution is 6.30. The van der Waals surface area contributed by atoms with Gasteiger partial charge in [0.25, 0.3) is 5.92 Å². The van der Waals surface area contributed by atoms with Gasteiger partial charge in [0.05, 0.1) is 11.6 Å². The van der Waals surface area contributed by atoms with Crippen LogP contribution in [0.3, 0.4) is 0 Å². The summed E-state index contributed by atoms with van der Waals surface area (Å²) in [5.74, 6) is -4.13. The van der Waals surface area contributed by atoms with Crippen LogP contribution >= 0.6 is 11.6 Å². The summed E-state index contributed by atoms with van der Waals surface area (Å²) in [5.41, 5.74) is -0.626. The molecule has 1 saturated heterocycles. The van der Waals surface area contributed by atoms with Crippen molar-refractivity contribution in [3.05, 3.63) is 34.6 Å². The fourth-order valence-electron chi connectivity index (χ4n) is 1.93. The van der Waals surface area contributed by atoms with Crippen LogP contribution < -0.4 is 5.32 Å². The molecule has 0 spiro atoms. The zero-order chi connectivity index (χ0) is 11.8. The molecule has 0 amide bonds. The molecule has 1 nitrogen and oxygen atoms in total. The molecule has 1 aliphatic rings. The molecule has 0 aromatic heterocycles. The smallest absolute Gasteiger partial charge is 0.291 e. The van der Waals surface area contributed by atoms with E-state index in [2.05, 4.69) is 5.32 Å². The SMILES string of the molecule is Fc1ccc(Cl)cc1C(F)(F)C1CCCN1. The summed E-state index contributed by atoms with van der Waals surface area (Å²) in [4.78, 5) is 0. The van der Waals surface area contributed by atoms with Crippen LogP contribution in [0.5, 0.6) is 0 Å². The third kappa shape index (κ3) is 2.04. The molecule has 2 rings (SSSR count). The van der Waals surface area contributed by atoms with Crippen LogP contribution in [0.2, 0.25) is 5.02 Å². The van der Waals surface area contributed by atoms with Gasteiger partial charge in [-0.1, -0.05) is 11.6 Å². The molecular formula is C11H11ClF3N. The molecule has 1 aromatic carbocycles. The summed E-state index contributed by atoms with van der Waals surface area (Å²) in [6, 6.07) is 2.23. The zero-order valence-corrected chi connectivity index (χ0v) is 9.20. The van der Waals surface area contributed by atoms with Crippen molar-refractivity contribution in [2.24, 2.45) is 0 Å². The lowest BCUT2D eigenvalue weighted by atomic mass is 9.99. The molecule has 0 radical (unpaired) electrons. The van der Waals surface area contributed by atoms with Gasteiger partial charge in [-0.3, -0.25) is 0 Å². The molecule has 5 heteroatoms. The molecule has 16 heavy (non-hydrogen) atoms. The molecule has 1 aliphatic heterocycles. The second-order valence-corrected chi connectivity index (χ2v) is 4.33. The monoisotopic (exact) mass is 249 g/mol. The molecule has 1 heterocycles. The lowest BCUT2D eigenvalue weighted by Gasteiger charge is -2.24. The largest absolute Gasteiger partial charge is 0.308 e. The van der Waals surface area contributed by atoms with E-state index in [1.165, 1.54) is 6.07 Å². The maximum absolute atomic E-state index is 13.9. The fraction of sp³-hybridized carbons (Fsp3) is 0.455. The summed E-state index contributed by atoms with van der Waals surface area (Å²) in [7, 11) is 0. The van der Waals surface area contributed by atoms with Crippen molar-refractivity contribution in [2.45, 2.75) is 24.8 Å². The maximum Gasteiger partial charge on any atom is 0.291 e. The van der Waals surface area contributed by atoms with E-state index in [0.717, 1.165) is 12.1 Å². The Labute approximate surface area is 96.6 Å². The average molecular weight is 250 g/mol. The Morgan fingerprint density at radius 3 is 2.75 bits per heavy atom. The number of hydrogen-bond acceptors (Lipinski definition) is 1. The Morgan fingerprint density at radius 2 is 2.12 bits per heavy atom. The predicted octanol–water partition coefficient (Wildman–Crippen LogP) is 3.32. The van der Waals surface area contributed by atoms with Crippen molar-refractivity contribution in [2.75, 3.05) is 6.54 Å². The van der Waals surface area contributed by atoms with Crippen LogP contribution in [-0.4, -0.2) is 12.6 Å². The topological polar surface area (TPSA) is 12.0 Å². The van der Waals surface area contributed by atoms with Gasteiger partial charge >= 0.3 is 0 Å². The quantitative estimate of drug-likeness (QED) is 0.848. The number of nitrogens with one attached hydrogen (secondary N) is 1. The minimum absolute atomic E-state index is 0.120. The van der Waals surface area contributed by atoms with Crippen LogP contribution in [0.1, 0.15) is 18.4 Å². The van der Waals surface area contributed by atoms with E-state index >= 15 is 0 Å². The number of halogens is 4. The van der Waals surface area contributed by atoms with Gasteiger partial charge in [-0.2, -0.15) is 8.78 Å². The average Bonchev–Trinajstić information content (AvgIpc) is 2.75. The number of alkyl halides is 2. The lowest BCUT2D eigenvalue weighted by molar-refractivity contribution is -0.0406. The molecule has 1 fully saturated rings. The zero-order valence-electron chi connectivity index (χ0n) is 8.44. The standard InChI is InChI=1S/C11H11ClF3N/c12-7-3-4-9(13)8(6-7)11(14,15)10-2-1-5-16-10/h3-4,6,10,16H,1-2,5H2. The van der Waals surface area contributed by atoms with Crippen LogP contribution in [0.4, 0.5) is 13.2 Å². The Kier molecular flexibility index (Phi) is 3.13. The van der Waals surface area contributed by atoms with Gasteiger partial charge in [-0.15, -0.1) is 0 Å². The maximum atomic E-state index is 13.9. The number of rotatable bonds is 2. The molecule has 88 valence electrons. The molecule has 0 bridgehead atoms. The number of benzene rings is 1. The normalized spacial score (nSPS) is 21.4. The first-order valence-corrected chi connectivity index (χ1v) is 5.46. The highest BCUT2D eigenvalue weighted by Gasteiger charge is 2.44. The molecule has 0 aliphatic carbocycles. The Morgan fingerprint density at radius 1 is 1.38 bits per heavy atom. The summed E-state index contributed by atoms with van der Waals surface area (Å²) < 4.78 is 41.2. The van der Waals surface area contributed by atoms with Crippen LogP contribution in [-0.2, 0) is 5.92 Å². The minimum atomic E-state index is -3.22. The van der Waals surface area contributed by atoms with E-state index in [0.29, 0.717) is 19.4 Å². The molecule has 1 N–H and O–H groups in total. The molecular weight excluding hydrogens is 239 g/mol. The van der Waals surface area contributed by atoms with Crippen molar-refractivity contribution in [1.29, 1.82) is 0 Å². The van der Waals surface area contributed by atoms with Gasteiger partial charge in [-0.25, -0.2) is 4.39 Å². The van der Waals surface area contributed by atoms with Crippen LogP contribution in [0.25, 0.3) is 0 Å². The van der Waals surface area contributed by atoms with Crippen molar-refractivity contribution in [1.82, 2.24) is 5.32 Å². The summed E-state index contributed by atoms with van der Waals surface area (Å²) >= 11 is 5.61. The Bertz CT molecular complexity index is 389. The lowest BCUT2D eigenvalue weighted by Crippen LogP contribution is -2.39. The van der Waals surface area contributed by atoms with Gasteiger partial charge in [0.2, 0.25) is 0 Å². The fourth-order valence-corrected chi connectivity index (χ4v) is 2.11. The summed E-state index contributed by atoms with van der Waals surface area (Å²) in [5, 5.41) is 2.80. The first-order chi connectivity index (χ1) is 7.51. The molecule has 0 saturated carbocycles. The van der Waals surface area contributed by atoms with E-state index in [-0.39, 0.29) is 5.02 Å². The highest BCUT2D eigenvalue weighted by Crippen LogP contribution is 2.37. The van der Waals surface area contributed by atoms with Gasteiger partial charge in [0.15, 0.2) is 0 Å². The Hall–Kier alpha value is -0.740.